The fourth-order valence-corrected chi connectivity index (χ4v) is 1.87. The summed E-state index contributed by atoms with van der Waals surface area (Å²) in [5.74, 6) is 0.924. The van der Waals surface area contributed by atoms with Gasteiger partial charge in [0.1, 0.15) is 5.75 Å². The van der Waals surface area contributed by atoms with Crippen molar-refractivity contribution in [3.05, 3.63) is 59.7 Å². The van der Waals surface area contributed by atoms with Gasteiger partial charge in [0.25, 0.3) is 5.91 Å². The average molecular weight is 276 g/mol. The number of rotatable bonds is 4. The van der Waals surface area contributed by atoms with Crippen LogP contribution in [-0.4, -0.2) is 13.0 Å². The Bertz CT molecular complexity index is 584. The first kappa shape index (κ1) is 13.4. The fraction of sp³-hybridized carbons (Fsp3) is 0.133. The summed E-state index contributed by atoms with van der Waals surface area (Å²) in [7, 11) is 1.59. The Morgan fingerprint density at radius 1 is 1.21 bits per heavy atom. The third kappa shape index (κ3) is 3.48. The number of hydrogen-bond acceptors (Lipinski definition) is 2. The first-order valence-electron chi connectivity index (χ1n) is 5.83. The van der Waals surface area contributed by atoms with Gasteiger partial charge in [0.15, 0.2) is 0 Å². The second-order valence-electron chi connectivity index (χ2n) is 4.02. The molecule has 0 fully saturated rings. The van der Waals surface area contributed by atoms with Crippen LogP contribution in [0.1, 0.15) is 15.9 Å². The predicted octanol–water partition coefficient (Wildman–Crippen LogP) is 3.69. The minimum atomic E-state index is -0.166. The molecule has 0 saturated carbocycles. The number of carbonyl (C=O) groups excluding carboxylic acids is 1. The standard InChI is InChI=1S/C15H14ClNO2/c1-19-14-7-3-6-13(9-14)17-15(18)12-5-2-4-11(8-12)10-16/h2-9H,10H2,1H3,(H,17,18). The molecule has 0 bridgehead atoms. The summed E-state index contributed by atoms with van der Waals surface area (Å²) >= 11 is 5.76. The summed E-state index contributed by atoms with van der Waals surface area (Å²) in [6.45, 7) is 0. The van der Waals surface area contributed by atoms with Crippen molar-refractivity contribution in [1.29, 1.82) is 0 Å². The van der Waals surface area contributed by atoms with Gasteiger partial charge in [0, 0.05) is 23.2 Å². The number of ether oxygens (including phenoxy) is 1. The van der Waals surface area contributed by atoms with Crippen LogP contribution in [0, 0.1) is 0 Å². The fourth-order valence-electron chi connectivity index (χ4n) is 1.70. The molecule has 0 unspecified atom stereocenters. The number of nitrogens with one attached hydrogen (secondary N) is 1. The molecule has 0 saturated heterocycles. The lowest BCUT2D eigenvalue weighted by atomic mass is 10.1. The van der Waals surface area contributed by atoms with Crippen LogP contribution in [0.15, 0.2) is 48.5 Å². The summed E-state index contributed by atoms with van der Waals surface area (Å²) in [4.78, 5) is 12.1. The normalized spacial score (nSPS) is 10.0. The summed E-state index contributed by atoms with van der Waals surface area (Å²) < 4.78 is 5.11. The number of halogens is 1. The molecule has 0 aliphatic carbocycles. The Balaban J connectivity index is 2.15. The minimum absolute atomic E-state index is 0.166. The Morgan fingerprint density at radius 2 is 2.00 bits per heavy atom. The zero-order valence-electron chi connectivity index (χ0n) is 10.5. The van der Waals surface area contributed by atoms with Crippen molar-refractivity contribution in [2.45, 2.75) is 5.88 Å². The number of anilines is 1. The van der Waals surface area contributed by atoms with E-state index in [1.165, 1.54) is 0 Å². The molecule has 98 valence electrons. The molecular formula is C15H14ClNO2. The first-order valence-corrected chi connectivity index (χ1v) is 6.36. The Labute approximate surface area is 117 Å². The highest BCUT2D eigenvalue weighted by molar-refractivity contribution is 6.17. The van der Waals surface area contributed by atoms with E-state index in [2.05, 4.69) is 5.32 Å². The highest BCUT2D eigenvalue weighted by Crippen LogP contribution is 2.18. The topological polar surface area (TPSA) is 38.3 Å². The molecule has 0 aliphatic rings. The van der Waals surface area contributed by atoms with Crippen molar-refractivity contribution < 1.29 is 9.53 Å². The minimum Gasteiger partial charge on any atom is -0.497 e. The number of alkyl halides is 1. The van der Waals surface area contributed by atoms with Gasteiger partial charge in [-0.15, -0.1) is 11.6 Å². The molecule has 1 amide bonds. The molecule has 2 aromatic carbocycles. The van der Waals surface area contributed by atoms with E-state index in [0.29, 0.717) is 22.9 Å². The molecule has 0 spiro atoms. The summed E-state index contributed by atoms with van der Waals surface area (Å²) in [6, 6.07) is 14.5. The largest absolute Gasteiger partial charge is 0.497 e. The maximum atomic E-state index is 12.1. The van der Waals surface area contributed by atoms with Crippen molar-refractivity contribution >= 4 is 23.2 Å². The third-order valence-corrected chi connectivity index (χ3v) is 2.98. The van der Waals surface area contributed by atoms with Crippen molar-refractivity contribution in [3.8, 4) is 5.75 Å². The zero-order chi connectivity index (χ0) is 13.7. The van der Waals surface area contributed by atoms with Gasteiger partial charge in [-0.3, -0.25) is 4.79 Å². The number of benzene rings is 2. The van der Waals surface area contributed by atoms with Crippen LogP contribution < -0.4 is 10.1 Å². The molecule has 0 radical (unpaired) electrons. The summed E-state index contributed by atoms with van der Waals surface area (Å²) in [5.41, 5.74) is 2.20. The number of carbonyl (C=O) groups is 1. The van der Waals surface area contributed by atoms with Crippen LogP contribution in [-0.2, 0) is 5.88 Å². The van der Waals surface area contributed by atoms with Crippen molar-refractivity contribution in [3.63, 3.8) is 0 Å². The average Bonchev–Trinajstić information content (AvgIpc) is 2.47. The first-order chi connectivity index (χ1) is 9.22. The van der Waals surface area contributed by atoms with E-state index in [9.17, 15) is 4.79 Å². The highest BCUT2D eigenvalue weighted by Gasteiger charge is 2.07. The van der Waals surface area contributed by atoms with E-state index in [4.69, 9.17) is 16.3 Å². The van der Waals surface area contributed by atoms with Crippen LogP contribution in [0.2, 0.25) is 0 Å². The smallest absolute Gasteiger partial charge is 0.255 e. The SMILES string of the molecule is COc1cccc(NC(=O)c2cccc(CCl)c2)c1. The number of hydrogen-bond donors (Lipinski definition) is 1. The van der Waals surface area contributed by atoms with Gasteiger partial charge in [0.2, 0.25) is 0 Å². The molecule has 1 N–H and O–H groups in total. The van der Waals surface area contributed by atoms with E-state index < -0.39 is 0 Å². The van der Waals surface area contributed by atoms with Crippen molar-refractivity contribution in [2.75, 3.05) is 12.4 Å². The highest BCUT2D eigenvalue weighted by atomic mass is 35.5. The second-order valence-corrected chi connectivity index (χ2v) is 4.29. The molecule has 19 heavy (non-hydrogen) atoms. The lowest BCUT2D eigenvalue weighted by molar-refractivity contribution is 0.102. The molecule has 0 heterocycles. The van der Waals surface area contributed by atoms with Crippen molar-refractivity contribution in [1.82, 2.24) is 0 Å². The van der Waals surface area contributed by atoms with Gasteiger partial charge in [0.05, 0.1) is 7.11 Å². The van der Waals surface area contributed by atoms with Crippen LogP contribution >= 0.6 is 11.6 Å². The molecule has 2 aromatic rings. The van der Waals surface area contributed by atoms with E-state index in [1.807, 2.05) is 30.3 Å². The molecule has 0 aliphatic heterocycles. The van der Waals surface area contributed by atoms with E-state index in [1.54, 1.807) is 25.3 Å². The van der Waals surface area contributed by atoms with Gasteiger partial charge >= 0.3 is 0 Å². The Morgan fingerprint density at radius 3 is 2.74 bits per heavy atom. The molecule has 4 heteroatoms. The molecule has 2 rings (SSSR count). The predicted molar refractivity (Wildman–Crippen MR) is 76.9 cm³/mol. The van der Waals surface area contributed by atoms with Gasteiger partial charge in [-0.05, 0) is 29.8 Å². The van der Waals surface area contributed by atoms with E-state index in [-0.39, 0.29) is 5.91 Å². The summed E-state index contributed by atoms with van der Waals surface area (Å²) in [6.07, 6.45) is 0. The van der Waals surface area contributed by atoms with Gasteiger partial charge < -0.3 is 10.1 Å². The van der Waals surface area contributed by atoms with Gasteiger partial charge in [-0.2, -0.15) is 0 Å². The third-order valence-electron chi connectivity index (χ3n) is 2.67. The summed E-state index contributed by atoms with van der Waals surface area (Å²) in [5, 5.41) is 2.82. The van der Waals surface area contributed by atoms with Crippen LogP contribution in [0.4, 0.5) is 5.69 Å². The molecule has 0 atom stereocenters. The van der Waals surface area contributed by atoms with E-state index in [0.717, 1.165) is 5.56 Å². The lowest BCUT2D eigenvalue weighted by Gasteiger charge is -2.07. The monoisotopic (exact) mass is 275 g/mol. The molecular weight excluding hydrogens is 262 g/mol. The number of methoxy groups -OCH3 is 1. The Hall–Kier alpha value is -2.00. The number of amides is 1. The van der Waals surface area contributed by atoms with Crippen LogP contribution in [0.25, 0.3) is 0 Å². The van der Waals surface area contributed by atoms with Crippen molar-refractivity contribution in [2.24, 2.45) is 0 Å². The Kier molecular flexibility index (Phi) is 4.42. The molecule has 0 aromatic heterocycles. The van der Waals surface area contributed by atoms with E-state index >= 15 is 0 Å². The van der Waals surface area contributed by atoms with Gasteiger partial charge in [-0.25, -0.2) is 0 Å². The molecule has 3 nitrogen and oxygen atoms in total. The maximum absolute atomic E-state index is 12.1. The maximum Gasteiger partial charge on any atom is 0.255 e. The quantitative estimate of drug-likeness (QED) is 0.865. The zero-order valence-corrected chi connectivity index (χ0v) is 11.3. The van der Waals surface area contributed by atoms with Crippen LogP contribution in [0.3, 0.4) is 0 Å². The second kappa shape index (κ2) is 6.25. The van der Waals surface area contributed by atoms with Crippen LogP contribution in [0.5, 0.6) is 5.75 Å². The lowest BCUT2D eigenvalue weighted by Crippen LogP contribution is -2.12. The van der Waals surface area contributed by atoms with Gasteiger partial charge in [-0.1, -0.05) is 18.2 Å².